The highest BCUT2D eigenvalue weighted by atomic mass is 35.5. The van der Waals surface area contributed by atoms with Crippen LogP contribution in [-0.4, -0.2) is 24.7 Å². The monoisotopic (exact) mass is 302 g/mol. The summed E-state index contributed by atoms with van der Waals surface area (Å²) in [5.41, 5.74) is 1.70. The molecule has 0 unspecified atom stereocenters. The molecular weight excluding hydrogens is 288 g/mol. The summed E-state index contributed by atoms with van der Waals surface area (Å²) < 4.78 is 1.74. The van der Waals surface area contributed by atoms with Crippen molar-refractivity contribution in [3.05, 3.63) is 41.1 Å². The molecule has 3 aromatic heterocycles. The number of nitrogens with zero attached hydrogens (tertiary/aromatic N) is 5. The molecule has 7 heteroatoms. The van der Waals surface area contributed by atoms with Crippen LogP contribution >= 0.6 is 11.6 Å². The molecule has 0 aliphatic heterocycles. The highest BCUT2D eigenvalue weighted by Gasteiger charge is 2.13. The zero-order valence-corrected chi connectivity index (χ0v) is 12.8. The van der Waals surface area contributed by atoms with Crippen LogP contribution in [0, 0.1) is 6.92 Å². The first-order valence-electron chi connectivity index (χ1n) is 6.59. The lowest BCUT2D eigenvalue weighted by Crippen LogP contribution is -2.10. The summed E-state index contributed by atoms with van der Waals surface area (Å²) in [7, 11) is 1.86. The van der Waals surface area contributed by atoms with Crippen LogP contribution in [0.5, 0.6) is 0 Å². The van der Waals surface area contributed by atoms with Gasteiger partial charge < -0.3 is 5.32 Å². The molecule has 0 spiro atoms. The third-order valence-electron chi connectivity index (χ3n) is 3.25. The SMILES string of the molecule is Cc1nc(N[C@@H](C)c2ccc(Cl)cn2)c2cnn(C)c2n1. The van der Waals surface area contributed by atoms with Gasteiger partial charge in [0.1, 0.15) is 11.6 Å². The second kappa shape index (κ2) is 5.29. The molecule has 0 fully saturated rings. The van der Waals surface area contributed by atoms with Crippen LogP contribution in [0.2, 0.25) is 5.02 Å². The van der Waals surface area contributed by atoms with Crippen LogP contribution in [0.4, 0.5) is 5.82 Å². The summed E-state index contributed by atoms with van der Waals surface area (Å²) in [5.74, 6) is 1.46. The molecular formula is C14H15ClN6. The van der Waals surface area contributed by atoms with E-state index in [0.717, 1.165) is 22.5 Å². The van der Waals surface area contributed by atoms with Gasteiger partial charge in [0.25, 0.3) is 0 Å². The zero-order valence-electron chi connectivity index (χ0n) is 12.0. The average Bonchev–Trinajstić information content (AvgIpc) is 2.81. The number of fused-ring (bicyclic) bond motifs is 1. The Morgan fingerprint density at radius 1 is 1.24 bits per heavy atom. The molecule has 0 radical (unpaired) electrons. The van der Waals surface area contributed by atoms with Crippen LogP contribution in [0.3, 0.4) is 0 Å². The van der Waals surface area contributed by atoms with Crippen LogP contribution in [0.15, 0.2) is 24.5 Å². The van der Waals surface area contributed by atoms with Crippen LogP contribution in [-0.2, 0) is 7.05 Å². The molecule has 0 aromatic carbocycles. The number of hydrogen-bond donors (Lipinski definition) is 1. The Morgan fingerprint density at radius 2 is 2.05 bits per heavy atom. The van der Waals surface area contributed by atoms with E-state index in [9.17, 15) is 0 Å². The van der Waals surface area contributed by atoms with Crippen molar-refractivity contribution < 1.29 is 0 Å². The van der Waals surface area contributed by atoms with E-state index < -0.39 is 0 Å². The maximum absolute atomic E-state index is 5.86. The number of aromatic nitrogens is 5. The van der Waals surface area contributed by atoms with E-state index in [2.05, 4.69) is 25.4 Å². The third-order valence-corrected chi connectivity index (χ3v) is 3.47. The molecule has 1 atom stereocenters. The summed E-state index contributed by atoms with van der Waals surface area (Å²) >= 11 is 5.86. The first kappa shape index (κ1) is 13.8. The fraction of sp³-hybridized carbons (Fsp3) is 0.286. The summed E-state index contributed by atoms with van der Waals surface area (Å²) in [6.45, 7) is 3.89. The highest BCUT2D eigenvalue weighted by Crippen LogP contribution is 2.24. The summed E-state index contributed by atoms with van der Waals surface area (Å²) in [6.07, 6.45) is 3.40. The molecule has 3 aromatic rings. The van der Waals surface area contributed by atoms with E-state index in [4.69, 9.17) is 11.6 Å². The lowest BCUT2D eigenvalue weighted by Gasteiger charge is -2.15. The molecule has 3 rings (SSSR count). The smallest absolute Gasteiger partial charge is 0.163 e. The number of aryl methyl sites for hydroxylation is 2. The van der Waals surface area contributed by atoms with Gasteiger partial charge in [0, 0.05) is 13.2 Å². The van der Waals surface area contributed by atoms with Crippen molar-refractivity contribution in [1.29, 1.82) is 0 Å². The predicted molar refractivity (Wildman–Crippen MR) is 82.3 cm³/mol. The van der Waals surface area contributed by atoms with Gasteiger partial charge >= 0.3 is 0 Å². The van der Waals surface area contributed by atoms with Crippen molar-refractivity contribution in [2.75, 3.05) is 5.32 Å². The lowest BCUT2D eigenvalue weighted by atomic mass is 10.2. The molecule has 6 nitrogen and oxygen atoms in total. The fourth-order valence-corrected chi connectivity index (χ4v) is 2.28. The van der Waals surface area contributed by atoms with E-state index >= 15 is 0 Å². The topological polar surface area (TPSA) is 68.5 Å². The van der Waals surface area contributed by atoms with E-state index in [0.29, 0.717) is 10.8 Å². The number of halogens is 1. The Labute approximate surface area is 127 Å². The number of hydrogen-bond acceptors (Lipinski definition) is 5. The summed E-state index contributed by atoms with van der Waals surface area (Å²) in [6, 6.07) is 3.72. The number of rotatable bonds is 3. The Morgan fingerprint density at radius 3 is 2.76 bits per heavy atom. The molecule has 3 heterocycles. The third kappa shape index (κ3) is 2.67. The van der Waals surface area contributed by atoms with Crippen LogP contribution in [0.25, 0.3) is 11.0 Å². The average molecular weight is 303 g/mol. The van der Waals surface area contributed by atoms with Crippen molar-refractivity contribution >= 4 is 28.5 Å². The van der Waals surface area contributed by atoms with Crippen molar-refractivity contribution in [3.8, 4) is 0 Å². The Hall–Kier alpha value is -2.21. The van der Waals surface area contributed by atoms with Gasteiger partial charge in [-0.15, -0.1) is 0 Å². The van der Waals surface area contributed by atoms with Gasteiger partial charge in [0.05, 0.1) is 28.3 Å². The maximum Gasteiger partial charge on any atom is 0.163 e. The van der Waals surface area contributed by atoms with E-state index in [1.807, 2.05) is 33.0 Å². The Balaban J connectivity index is 1.95. The van der Waals surface area contributed by atoms with Gasteiger partial charge in [0.2, 0.25) is 0 Å². The fourth-order valence-electron chi connectivity index (χ4n) is 2.16. The zero-order chi connectivity index (χ0) is 15.0. The second-order valence-electron chi connectivity index (χ2n) is 4.89. The minimum Gasteiger partial charge on any atom is -0.361 e. The van der Waals surface area contributed by atoms with Gasteiger partial charge in [-0.3, -0.25) is 9.67 Å². The number of nitrogens with one attached hydrogen (secondary N) is 1. The predicted octanol–water partition coefficient (Wildman–Crippen LogP) is 2.89. The maximum atomic E-state index is 5.86. The van der Waals surface area contributed by atoms with Crippen molar-refractivity contribution in [2.45, 2.75) is 19.9 Å². The quantitative estimate of drug-likeness (QED) is 0.805. The van der Waals surface area contributed by atoms with Crippen molar-refractivity contribution in [3.63, 3.8) is 0 Å². The molecule has 0 aliphatic rings. The van der Waals surface area contributed by atoms with Crippen molar-refractivity contribution in [1.82, 2.24) is 24.7 Å². The van der Waals surface area contributed by atoms with Gasteiger partial charge in [-0.2, -0.15) is 5.10 Å². The van der Waals surface area contributed by atoms with E-state index in [-0.39, 0.29) is 6.04 Å². The normalized spacial score (nSPS) is 12.6. The van der Waals surface area contributed by atoms with Gasteiger partial charge in [-0.25, -0.2) is 9.97 Å². The van der Waals surface area contributed by atoms with E-state index in [1.54, 1.807) is 17.1 Å². The summed E-state index contributed by atoms with van der Waals surface area (Å²) in [5, 5.41) is 9.11. The minimum absolute atomic E-state index is 0.0000252. The van der Waals surface area contributed by atoms with Crippen LogP contribution < -0.4 is 5.32 Å². The van der Waals surface area contributed by atoms with Crippen molar-refractivity contribution in [2.24, 2.45) is 7.05 Å². The lowest BCUT2D eigenvalue weighted by molar-refractivity contribution is 0.782. The molecule has 0 bridgehead atoms. The van der Waals surface area contributed by atoms with E-state index in [1.165, 1.54) is 0 Å². The molecule has 0 saturated carbocycles. The standard InChI is InChI=1S/C14H15ClN6/c1-8(12-5-4-10(15)6-16-12)18-13-11-7-17-21(3)14(11)20-9(2)19-13/h4-8H,1-3H3,(H,18,19,20)/t8-/m0/s1. The van der Waals surface area contributed by atoms with Gasteiger partial charge in [-0.05, 0) is 26.0 Å². The first-order chi connectivity index (χ1) is 10.0. The number of anilines is 1. The molecule has 21 heavy (non-hydrogen) atoms. The highest BCUT2D eigenvalue weighted by molar-refractivity contribution is 6.30. The van der Waals surface area contributed by atoms with Gasteiger partial charge in [0.15, 0.2) is 5.65 Å². The van der Waals surface area contributed by atoms with Gasteiger partial charge in [-0.1, -0.05) is 11.6 Å². The first-order valence-corrected chi connectivity index (χ1v) is 6.96. The molecule has 1 N–H and O–H groups in total. The van der Waals surface area contributed by atoms with Crippen LogP contribution in [0.1, 0.15) is 24.5 Å². The summed E-state index contributed by atoms with van der Waals surface area (Å²) in [4.78, 5) is 13.2. The second-order valence-corrected chi connectivity index (χ2v) is 5.33. The largest absolute Gasteiger partial charge is 0.361 e. The number of pyridine rings is 1. The minimum atomic E-state index is -0.0000252. The molecule has 0 aliphatic carbocycles. The Bertz CT molecular complexity index is 780. The molecule has 0 saturated heterocycles. The Kier molecular flexibility index (Phi) is 3.47. The molecule has 0 amide bonds. The molecule has 108 valence electrons.